The molecule has 0 heterocycles. The lowest BCUT2D eigenvalue weighted by Crippen LogP contribution is -2.26. The van der Waals surface area contributed by atoms with Crippen LogP contribution in [-0.4, -0.2) is 39.8 Å². The molecular weight excluding hydrogens is 400 g/mol. The normalized spacial score (nSPS) is 12.9. The molecule has 0 unspecified atom stereocenters. The van der Waals surface area contributed by atoms with Crippen molar-refractivity contribution in [3.63, 3.8) is 0 Å². The van der Waals surface area contributed by atoms with Gasteiger partial charge in [0, 0.05) is 19.1 Å². The summed E-state index contributed by atoms with van der Waals surface area (Å²) in [6, 6.07) is 11.5. The fraction of sp³-hybridized carbons (Fsp3) is 0.350. The molecule has 0 aliphatic carbocycles. The first kappa shape index (κ1) is 22.2. The number of rotatable bonds is 7. The van der Waals surface area contributed by atoms with Crippen LogP contribution in [0.4, 0.5) is 5.69 Å². The molecule has 0 saturated heterocycles. The van der Waals surface area contributed by atoms with Crippen LogP contribution in [0.3, 0.4) is 0 Å². The van der Waals surface area contributed by atoms with Gasteiger partial charge in [0.2, 0.25) is 15.9 Å². The van der Waals surface area contributed by atoms with Crippen LogP contribution in [0.2, 0.25) is 5.02 Å². The number of carbonyl (C=O) groups is 1. The number of nitrogens with one attached hydrogen (secondary N) is 1. The number of nitrogens with zero attached hydrogens (tertiary/aromatic N) is 1. The summed E-state index contributed by atoms with van der Waals surface area (Å²) in [5, 5.41) is 3.42. The second-order valence-electron chi connectivity index (χ2n) is 6.91. The van der Waals surface area contributed by atoms with Gasteiger partial charge in [0.1, 0.15) is 5.75 Å². The van der Waals surface area contributed by atoms with Crippen molar-refractivity contribution in [1.29, 1.82) is 0 Å². The van der Waals surface area contributed by atoms with E-state index < -0.39 is 15.9 Å². The van der Waals surface area contributed by atoms with Crippen LogP contribution in [0.25, 0.3) is 0 Å². The Labute approximate surface area is 171 Å². The van der Waals surface area contributed by atoms with Gasteiger partial charge in [0.25, 0.3) is 0 Å². The molecule has 0 aliphatic rings. The topological polar surface area (TPSA) is 75.7 Å². The van der Waals surface area contributed by atoms with Crippen LogP contribution in [-0.2, 0) is 14.8 Å². The van der Waals surface area contributed by atoms with E-state index in [0.717, 1.165) is 9.87 Å². The van der Waals surface area contributed by atoms with Crippen LogP contribution in [0.1, 0.15) is 25.3 Å². The van der Waals surface area contributed by atoms with E-state index in [1.807, 2.05) is 26.0 Å². The van der Waals surface area contributed by atoms with Crippen LogP contribution < -0.4 is 10.1 Å². The Kier molecular flexibility index (Phi) is 7.09. The lowest BCUT2D eigenvalue weighted by atomic mass is 9.87. The maximum absolute atomic E-state index is 13.0. The van der Waals surface area contributed by atoms with Gasteiger partial charge in [0.05, 0.1) is 23.6 Å². The first-order chi connectivity index (χ1) is 13.1. The number of ether oxygens (including phenoxy) is 1. The molecule has 0 aliphatic heterocycles. The molecule has 152 valence electrons. The highest BCUT2D eigenvalue weighted by Crippen LogP contribution is 2.32. The Morgan fingerprint density at radius 2 is 1.71 bits per heavy atom. The smallest absolute Gasteiger partial charge is 0.242 e. The number of anilines is 1. The monoisotopic (exact) mass is 424 g/mol. The highest BCUT2D eigenvalue weighted by Gasteiger charge is 2.26. The van der Waals surface area contributed by atoms with Crippen LogP contribution in [0.5, 0.6) is 5.75 Å². The molecule has 6 nitrogen and oxygen atoms in total. The summed E-state index contributed by atoms with van der Waals surface area (Å²) >= 11 is 5.95. The number of sulfonamides is 1. The number of benzene rings is 2. The van der Waals surface area contributed by atoms with Gasteiger partial charge in [-0.3, -0.25) is 4.79 Å². The Morgan fingerprint density at radius 1 is 1.11 bits per heavy atom. The van der Waals surface area contributed by atoms with E-state index in [-0.39, 0.29) is 16.7 Å². The predicted molar refractivity (Wildman–Crippen MR) is 112 cm³/mol. The molecule has 1 N–H and O–H groups in total. The van der Waals surface area contributed by atoms with Crippen molar-refractivity contribution in [1.82, 2.24) is 4.31 Å². The molecule has 0 radical (unpaired) electrons. The third kappa shape index (κ3) is 4.84. The number of amides is 1. The van der Waals surface area contributed by atoms with Crippen molar-refractivity contribution in [2.75, 3.05) is 26.5 Å². The van der Waals surface area contributed by atoms with Gasteiger partial charge in [-0.15, -0.1) is 0 Å². The maximum atomic E-state index is 13.0. The summed E-state index contributed by atoms with van der Waals surface area (Å²) in [4.78, 5) is 13.1. The van der Waals surface area contributed by atoms with E-state index in [2.05, 4.69) is 5.32 Å². The van der Waals surface area contributed by atoms with Gasteiger partial charge in [-0.25, -0.2) is 12.7 Å². The minimum absolute atomic E-state index is 0.0147. The predicted octanol–water partition coefficient (Wildman–Crippen LogP) is 3.98. The van der Waals surface area contributed by atoms with E-state index in [0.29, 0.717) is 16.5 Å². The highest BCUT2D eigenvalue weighted by molar-refractivity contribution is 7.89. The molecular formula is C20H25ClN2O4S. The summed E-state index contributed by atoms with van der Waals surface area (Å²) in [5.41, 5.74) is 1.13. The van der Waals surface area contributed by atoms with Crippen molar-refractivity contribution < 1.29 is 17.9 Å². The molecule has 0 fully saturated rings. The number of hydrogen-bond donors (Lipinski definition) is 1. The second kappa shape index (κ2) is 8.94. The van der Waals surface area contributed by atoms with Crippen LogP contribution in [0.15, 0.2) is 47.4 Å². The first-order valence-electron chi connectivity index (χ1n) is 8.74. The average Bonchev–Trinajstić information content (AvgIpc) is 2.63. The largest absolute Gasteiger partial charge is 0.495 e. The van der Waals surface area contributed by atoms with Crippen molar-refractivity contribution in [2.24, 2.45) is 5.92 Å². The first-order valence-corrected chi connectivity index (χ1v) is 10.6. The Morgan fingerprint density at radius 3 is 2.21 bits per heavy atom. The standard InChI is InChI=1S/C20H25ClN2O4S/c1-13(2)19(14-6-8-15(21)9-7-14)20(24)22-17-12-16(10-11-18(17)27-5)28(25,26)23(3)4/h6-13,19H,1-5H3,(H,22,24)/t19-/m0/s1. The molecule has 2 aromatic carbocycles. The molecule has 1 atom stereocenters. The van der Waals surface area contributed by atoms with Crippen molar-refractivity contribution in [3.8, 4) is 5.75 Å². The molecule has 1 amide bonds. The zero-order valence-corrected chi connectivity index (χ0v) is 18.1. The van der Waals surface area contributed by atoms with Gasteiger partial charge in [-0.05, 0) is 41.8 Å². The Hall–Kier alpha value is -2.09. The van der Waals surface area contributed by atoms with Gasteiger partial charge in [-0.2, -0.15) is 0 Å². The Bertz CT molecular complexity index is 941. The molecule has 2 aromatic rings. The van der Waals surface area contributed by atoms with E-state index >= 15 is 0 Å². The maximum Gasteiger partial charge on any atom is 0.242 e. The molecule has 0 bridgehead atoms. The summed E-state index contributed by atoms with van der Waals surface area (Å²) in [6.07, 6.45) is 0. The van der Waals surface area contributed by atoms with Crippen molar-refractivity contribution in [2.45, 2.75) is 24.7 Å². The summed E-state index contributed by atoms with van der Waals surface area (Å²) in [5.74, 6) is -0.295. The molecule has 0 spiro atoms. The van der Waals surface area contributed by atoms with Crippen molar-refractivity contribution in [3.05, 3.63) is 53.1 Å². The Balaban J connectivity index is 2.41. The fourth-order valence-electron chi connectivity index (χ4n) is 2.88. The summed E-state index contributed by atoms with van der Waals surface area (Å²) < 4.78 is 31.3. The van der Waals surface area contributed by atoms with Gasteiger partial charge >= 0.3 is 0 Å². The molecule has 0 saturated carbocycles. The van der Waals surface area contributed by atoms with Crippen molar-refractivity contribution >= 4 is 33.2 Å². The lowest BCUT2D eigenvalue weighted by molar-refractivity contribution is -0.118. The SMILES string of the molecule is COc1ccc(S(=O)(=O)N(C)C)cc1NC(=O)[C@H](c1ccc(Cl)cc1)C(C)C. The minimum atomic E-state index is -3.64. The zero-order valence-electron chi connectivity index (χ0n) is 16.6. The van der Waals surface area contributed by atoms with Crippen LogP contribution in [0, 0.1) is 5.92 Å². The second-order valence-corrected chi connectivity index (χ2v) is 9.50. The van der Waals surface area contributed by atoms with E-state index in [9.17, 15) is 13.2 Å². The zero-order chi connectivity index (χ0) is 21.1. The quantitative estimate of drug-likeness (QED) is 0.729. The molecule has 8 heteroatoms. The minimum Gasteiger partial charge on any atom is -0.495 e. The fourth-order valence-corrected chi connectivity index (χ4v) is 3.93. The molecule has 28 heavy (non-hydrogen) atoms. The lowest BCUT2D eigenvalue weighted by Gasteiger charge is -2.22. The van der Waals surface area contributed by atoms with Crippen LogP contribution >= 0.6 is 11.6 Å². The summed E-state index contributed by atoms with van der Waals surface area (Å²) in [7, 11) is 0.724. The van der Waals surface area contributed by atoms with Gasteiger partial charge in [-0.1, -0.05) is 37.6 Å². The average molecular weight is 425 g/mol. The molecule has 0 aromatic heterocycles. The highest BCUT2D eigenvalue weighted by atomic mass is 35.5. The molecule has 2 rings (SSSR count). The third-order valence-corrected chi connectivity index (χ3v) is 6.45. The van der Waals surface area contributed by atoms with E-state index in [4.69, 9.17) is 16.3 Å². The number of halogens is 1. The number of hydrogen-bond acceptors (Lipinski definition) is 4. The third-order valence-electron chi connectivity index (χ3n) is 4.39. The van der Waals surface area contributed by atoms with E-state index in [1.54, 1.807) is 12.1 Å². The number of carbonyl (C=O) groups excluding carboxylic acids is 1. The van der Waals surface area contributed by atoms with Gasteiger partial charge in [0.15, 0.2) is 0 Å². The van der Waals surface area contributed by atoms with Gasteiger partial charge < -0.3 is 10.1 Å². The number of methoxy groups -OCH3 is 1. The summed E-state index contributed by atoms with van der Waals surface area (Å²) in [6.45, 7) is 3.89. The van der Waals surface area contributed by atoms with E-state index in [1.165, 1.54) is 39.4 Å².